The van der Waals surface area contributed by atoms with E-state index in [1.807, 2.05) is 29.6 Å². The van der Waals surface area contributed by atoms with Crippen LogP contribution >= 0.6 is 46.7 Å². The lowest BCUT2D eigenvalue weighted by Crippen LogP contribution is -1.96. The summed E-state index contributed by atoms with van der Waals surface area (Å²) in [5.74, 6) is 1.22. The topological polar surface area (TPSA) is 52.0 Å². The van der Waals surface area contributed by atoms with Crippen LogP contribution in [-0.4, -0.2) is 21.9 Å². The Kier molecular flexibility index (Phi) is 6.24. The highest BCUT2D eigenvalue weighted by atomic mass is 32.2. The van der Waals surface area contributed by atoms with Crippen molar-refractivity contribution in [3.8, 4) is 11.4 Å². The predicted octanol–water partition coefficient (Wildman–Crippen LogP) is 6.30. The van der Waals surface area contributed by atoms with Crippen LogP contribution in [0.3, 0.4) is 0 Å². The molecule has 10 heteroatoms. The fraction of sp³-hybridized carbons (Fsp3) is 0.105. The number of hydrogen-bond donors (Lipinski definition) is 1. The molecule has 0 aliphatic rings. The van der Waals surface area contributed by atoms with Crippen LogP contribution in [0.25, 0.3) is 5.69 Å². The zero-order chi connectivity index (χ0) is 20.2. The van der Waals surface area contributed by atoms with Crippen LogP contribution in [0.15, 0.2) is 58.3 Å². The molecule has 0 saturated heterocycles. The molecule has 0 atom stereocenters. The Hall–Kier alpha value is -2.27. The first-order valence-corrected chi connectivity index (χ1v) is 11.5. The van der Waals surface area contributed by atoms with Gasteiger partial charge in [0, 0.05) is 16.8 Å². The molecular formula is C19H15FN4OS4. The standard InChI is InChI=1S/C19H15FN4OS4/c1-25-16-8-4-13(5-9-16)21-17-22-14(10-27-17)11-28-18-23-24(19(26)29-18)15-6-2-12(20)3-7-15/h2-10H,11H2,1H3,(H,21,22). The molecular weight excluding hydrogens is 448 g/mol. The Morgan fingerprint density at radius 1 is 1.17 bits per heavy atom. The van der Waals surface area contributed by atoms with Crippen LogP contribution < -0.4 is 10.1 Å². The summed E-state index contributed by atoms with van der Waals surface area (Å²) >= 11 is 9.95. The van der Waals surface area contributed by atoms with Crippen LogP contribution in [0.2, 0.25) is 0 Å². The Labute approximate surface area is 184 Å². The lowest BCUT2D eigenvalue weighted by atomic mass is 10.3. The normalized spacial score (nSPS) is 10.8. The summed E-state index contributed by atoms with van der Waals surface area (Å²) in [6.45, 7) is 0. The summed E-state index contributed by atoms with van der Waals surface area (Å²) in [6, 6.07) is 13.8. The molecule has 4 aromatic rings. The number of hydrogen-bond acceptors (Lipinski definition) is 8. The molecule has 0 fully saturated rings. The maximum absolute atomic E-state index is 13.1. The third-order valence-electron chi connectivity index (χ3n) is 3.84. The Bertz CT molecular complexity index is 1150. The number of ether oxygens (including phenoxy) is 1. The summed E-state index contributed by atoms with van der Waals surface area (Å²) in [4.78, 5) is 4.62. The van der Waals surface area contributed by atoms with Gasteiger partial charge in [-0.05, 0) is 60.7 Å². The van der Waals surface area contributed by atoms with Gasteiger partial charge in [-0.2, -0.15) is 0 Å². The third kappa shape index (κ3) is 5.02. The molecule has 0 amide bonds. The smallest absolute Gasteiger partial charge is 0.187 e. The first-order valence-electron chi connectivity index (χ1n) is 8.45. The van der Waals surface area contributed by atoms with Crippen molar-refractivity contribution < 1.29 is 9.13 Å². The second-order valence-electron chi connectivity index (χ2n) is 5.81. The van der Waals surface area contributed by atoms with E-state index in [2.05, 4.69) is 15.4 Å². The van der Waals surface area contributed by atoms with E-state index in [9.17, 15) is 4.39 Å². The molecule has 0 saturated carbocycles. The monoisotopic (exact) mass is 462 g/mol. The summed E-state index contributed by atoms with van der Waals surface area (Å²) in [5.41, 5.74) is 2.67. The van der Waals surface area contributed by atoms with Gasteiger partial charge in [0.2, 0.25) is 0 Å². The quantitative estimate of drug-likeness (QED) is 0.257. The maximum Gasteiger partial charge on any atom is 0.187 e. The van der Waals surface area contributed by atoms with Gasteiger partial charge in [-0.3, -0.25) is 0 Å². The van der Waals surface area contributed by atoms with E-state index >= 15 is 0 Å². The number of nitrogens with one attached hydrogen (secondary N) is 1. The van der Waals surface area contributed by atoms with Gasteiger partial charge in [0.25, 0.3) is 0 Å². The molecule has 1 N–H and O–H groups in total. The number of nitrogens with zero attached hydrogens (tertiary/aromatic N) is 3. The number of anilines is 2. The number of methoxy groups -OCH3 is 1. The van der Waals surface area contributed by atoms with Gasteiger partial charge in [-0.1, -0.05) is 23.1 Å². The highest BCUT2D eigenvalue weighted by Gasteiger charge is 2.09. The van der Waals surface area contributed by atoms with Crippen LogP contribution in [-0.2, 0) is 5.75 Å². The molecule has 148 valence electrons. The first-order chi connectivity index (χ1) is 14.1. The third-order valence-corrected chi connectivity index (χ3v) is 7.04. The summed E-state index contributed by atoms with van der Waals surface area (Å²) in [7, 11) is 1.64. The number of benzene rings is 2. The van der Waals surface area contributed by atoms with Crippen molar-refractivity contribution in [1.82, 2.24) is 14.8 Å². The van der Waals surface area contributed by atoms with Crippen LogP contribution in [0.4, 0.5) is 15.2 Å². The van der Waals surface area contributed by atoms with Crippen molar-refractivity contribution in [2.24, 2.45) is 0 Å². The second kappa shape index (κ2) is 9.04. The molecule has 0 aliphatic heterocycles. The Balaban J connectivity index is 1.39. The molecule has 0 radical (unpaired) electrons. The van der Waals surface area contributed by atoms with Gasteiger partial charge in [0.15, 0.2) is 13.4 Å². The van der Waals surface area contributed by atoms with Crippen molar-refractivity contribution in [3.63, 3.8) is 0 Å². The molecule has 5 nitrogen and oxygen atoms in total. The second-order valence-corrected chi connectivity index (χ2v) is 9.51. The molecule has 29 heavy (non-hydrogen) atoms. The van der Waals surface area contributed by atoms with Crippen LogP contribution in [0.1, 0.15) is 5.69 Å². The minimum atomic E-state index is -0.285. The number of aromatic nitrogens is 3. The highest BCUT2D eigenvalue weighted by molar-refractivity contribution is 8.00. The molecule has 4 rings (SSSR count). The molecule has 0 unspecified atom stereocenters. The Morgan fingerprint density at radius 2 is 1.93 bits per heavy atom. The van der Waals surface area contributed by atoms with Crippen molar-refractivity contribution in [2.45, 2.75) is 10.1 Å². The van der Waals surface area contributed by atoms with E-state index in [-0.39, 0.29) is 5.82 Å². The van der Waals surface area contributed by atoms with E-state index in [4.69, 9.17) is 17.0 Å². The van der Waals surface area contributed by atoms with E-state index in [1.165, 1.54) is 23.5 Å². The average molecular weight is 463 g/mol. The molecule has 0 aliphatic carbocycles. The SMILES string of the molecule is COc1ccc(Nc2nc(CSc3nn(-c4ccc(F)cc4)c(=S)s3)cs2)cc1. The van der Waals surface area contributed by atoms with Gasteiger partial charge in [-0.25, -0.2) is 14.1 Å². The number of thiazole rings is 1. The fourth-order valence-electron chi connectivity index (χ4n) is 2.43. The molecule has 0 spiro atoms. The Morgan fingerprint density at radius 3 is 2.66 bits per heavy atom. The van der Waals surface area contributed by atoms with Crippen molar-refractivity contribution in [1.29, 1.82) is 0 Å². The summed E-state index contributed by atoms with van der Waals surface area (Å²) in [5, 5.41) is 10.7. The minimum absolute atomic E-state index is 0.285. The first kappa shape index (κ1) is 20.0. The number of thioether (sulfide) groups is 1. The molecule has 0 bridgehead atoms. The summed E-state index contributed by atoms with van der Waals surface area (Å²) < 4.78 is 21.4. The van der Waals surface area contributed by atoms with E-state index in [1.54, 1.807) is 47.0 Å². The zero-order valence-electron chi connectivity index (χ0n) is 15.2. The van der Waals surface area contributed by atoms with Gasteiger partial charge in [0.1, 0.15) is 11.6 Å². The molecule has 2 aromatic carbocycles. The van der Waals surface area contributed by atoms with Gasteiger partial charge >= 0.3 is 0 Å². The van der Waals surface area contributed by atoms with Crippen molar-refractivity contribution >= 4 is 57.5 Å². The van der Waals surface area contributed by atoms with E-state index < -0.39 is 0 Å². The lowest BCUT2D eigenvalue weighted by molar-refractivity contribution is 0.415. The predicted molar refractivity (Wildman–Crippen MR) is 120 cm³/mol. The minimum Gasteiger partial charge on any atom is -0.497 e. The van der Waals surface area contributed by atoms with Gasteiger partial charge in [-0.15, -0.1) is 16.4 Å². The zero-order valence-corrected chi connectivity index (χ0v) is 18.4. The lowest BCUT2D eigenvalue weighted by Gasteiger charge is -2.03. The fourth-order valence-corrected chi connectivity index (χ4v) is 5.52. The van der Waals surface area contributed by atoms with Gasteiger partial charge < -0.3 is 10.1 Å². The molecule has 2 heterocycles. The largest absolute Gasteiger partial charge is 0.497 e. The van der Waals surface area contributed by atoms with Crippen LogP contribution in [0.5, 0.6) is 5.75 Å². The van der Waals surface area contributed by atoms with E-state index in [0.717, 1.165) is 32.3 Å². The highest BCUT2D eigenvalue weighted by Crippen LogP contribution is 2.29. The molecule has 2 aromatic heterocycles. The number of rotatable bonds is 7. The maximum atomic E-state index is 13.1. The van der Waals surface area contributed by atoms with Crippen LogP contribution in [0, 0.1) is 9.77 Å². The van der Waals surface area contributed by atoms with Crippen molar-refractivity contribution in [3.05, 3.63) is 69.4 Å². The number of halogens is 1. The summed E-state index contributed by atoms with van der Waals surface area (Å²) in [6.07, 6.45) is 0. The van der Waals surface area contributed by atoms with Gasteiger partial charge in [0.05, 0.1) is 18.5 Å². The average Bonchev–Trinajstić information content (AvgIpc) is 3.34. The van der Waals surface area contributed by atoms with Crippen molar-refractivity contribution in [2.75, 3.05) is 12.4 Å². The van der Waals surface area contributed by atoms with E-state index in [0.29, 0.717) is 9.71 Å².